The predicted molar refractivity (Wildman–Crippen MR) is 260 cm³/mol. The number of esters is 4. The monoisotopic (exact) mass is 952 g/mol. The molecule has 0 heterocycles. The lowest BCUT2D eigenvalue weighted by molar-refractivity contribution is -0.167. The van der Waals surface area contributed by atoms with Crippen molar-refractivity contribution in [2.75, 3.05) is 13.2 Å². The molecule has 12 heteroatoms. The van der Waals surface area contributed by atoms with Gasteiger partial charge >= 0.3 is 23.9 Å². The fourth-order valence-electron chi connectivity index (χ4n) is 7.32. The number of rotatable bonds is 40. The third kappa shape index (κ3) is 30.2. The first-order valence-electron chi connectivity index (χ1n) is 24.7. The Morgan fingerprint density at radius 2 is 0.797 bits per heavy atom. The number of unbranched alkanes of at least 4 members (excludes halogenated alkanes) is 24. The van der Waals surface area contributed by atoms with Crippen LogP contribution >= 0.6 is 34.8 Å². The first-order chi connectivity index (χ1) is 31.1. The molecule has 0 aliphatic rings. The predicted octanol–water partition coefficient (Wildman–Crippen LogP) is 16.5. The van der Waals surface area contributed by atoms with E-state index < -0.39 is 18.0 Å². The molecule has 0 amide bonds. The first-order valence-corrected chi connectivity index (χ1v) is 25.9. The topological polar surface area (TPSA) is 114 Å². The Bertz CT molecular complexity index is 1520. The molecule has 0 N–H and O–H groups in total. The van der Waals surface area contributed by atoms with E-state index in [0.717, 1.165) is 38.5 Å². The first kappa shape index (κ1) is 57.1. The highest BCUT2D eigenvalue weighted by Gasteiger charge is 2.21. The van der Waals surface area contributed by atoms with E-state index in [1.807, 2.05) is 0 Å². The lowest BCUT2D eigenvalue weighted by atomic mass is 10.0. The summed E-state index contributed by atoms with van der Waals surface area (Å²) in [5.74, 6) is -1.42. The van der Waals surface area contributed by atoms with Gasteiger partial charge in [0.1, 0.15) is 19.0 Å². The summed E-state index contributed by atoms with van der Waals surface area (Å²) >= 11 is 18.4. The van der Waals surface area contributed by atoms with Crippen LogP contribution < -0.4 is 9.47 Å². The summed E-state index contributed by atoms with van der Waals surface area (Å²) in [6.45, 7) is 4.03. The third-order valence-corrected chi connectivity index (χ3v) is 11.9. The third-order valence-electron chi connectivity index (χ3n) is 11.1. The molecule has 0 aliphatic carbocycles. The van der Waals surface area contributed by atoms with Crippen molar-refractivity contribution in [1.82, 2.24) is 0 Å². The van der Waals surface area contributed by atoms with Gasteiger partial charge in [0.05, 0.1) is 5.02 Å². The van der Waals surface area contributed by atoms with Crippen molar-refractivity contribution < 1.29 is 42.9 Å². The van der Waals surface area contributed by atoms with Crippen molar-refractivity contribution in [1.29, 1.82) is 0 Å². The Labute approximate surface area is 400 Å². The van der Waals surface area contributed by atoms with E-state index in [9.17, 15) is 19.2 Å². The van der Waals surface area contributed by atoms with Crippen LogP contribution in [0.4, 0.5) is 0 Å². The van der Waals surface area contributed by atoms with E-state index in [1.165, 1.54) is 141 Å². The van der Waals surface area contributed by atoms with E-state index in [-0.39, 0.29) is 73.8 Å². The van der Waals surface area contributed by atoms with Crippen LogP contribution in [0.3, 0.4) is 0 Å². The van der Waals surface area contributed by atoms with Crippen molar-refractivity contribution in [3.63, 3.8) is 0 Å². The smallest absolute Gasteiger partial charge is 0.311 e. The minimum absolute atomic E-state index is 0.0763. The van der Waals surface area contributed by atoms with E-state index in [2.05, 4.69) is 13.8 Å². The fourth-order valence-corrected chi connectivity index (χ4v) is 7.93. The average Bonchev–Trinajstić information content (AvgIpc) is 3.26. The molecule has 0 unspecified atom stereocenters. The van der Waals surface area contributed by atoms with Crippen molar-refractivity contribution in [3.05, 3.63) is 51.5 Å². The number of hydrogen-bond acceptors (Lipinski definition) is 9. The molecule has 0 saturated carbocycles. The summed E-state index contributed by atoms with van der Waals surface area (Å²) in [5.41, 5.74) is 0. The molecule has 0 aliphatic heterocycles. The van der Waals surface area contributed by atoms with E-state index >= 15 is 0 Å². The normalized spacial score (nSPS) is 11.2. The minimum atomic E-state index is -0.975. The van der Waals surface area contributed by atoms with Crippen LogP contribution in [0.2, 0.25) is 15.1 Å². The van der Waals surface area contributed by atoms with Crippen LogP contribution in [-0.4, -0.2) is 43.2 Å². The van der Waals surface area contributed by atoms with Crippen LogP contribution in [0, 0.1) is 0 Å². The molecule has 0 aromatic heterocycles. The zero-order chi connectivity index (χ0) is 46.5. The maximum atomic E-state index is 12.9. The second-order valence-electron chi connectivity index (χ2n) is 17.1. The van der Waals surface area contributed by atoms with Crippen molar-refractivity contribution in [2.24, 2.45) is 0 Å². The Kier molecular flexibility index (Phi) is 34.0. The zero-order valence-electron chi connectivity index (χ0n) is 39.2. The highest BCUT2D eigenvalue weighted by Crippen LogP contribution is 2.38. The van der Waals surface area contributed by atoms with Gasteiger partial charge in [-0.25, -0.2) is 0 Å². The Balaban J connectivity index is 1.77. The van der Waals surface area contributed by atoms with Crippen LogP contribution in [0.5, 0.6) is 17.2 Å². The summed E-state index contributed by atoms with van der Waals surface area (Å²) in [4.78, 5) is 51.1. The molecular weight excluding hydrogens is 875 g/mol. The number of benzene rings is 2. The van der Waals surface area contributed by atoms with Crippen LogP contribution in [-0.2, 0) is 33.4 Å². The lowest BCUT2D eigenvalue weighted by Gasteiger charge is -2.18. The van der Waals surface area contributed by atoms with Gasteiger partial charge in [0.15, 0.2) is 17.6 Å². The molecule has 0 saturated heterocycles. The molecule has 362 valence electrons. The van der Waals surface area contributed by atoms with E-state index in [0.29, 0.717) is 15.8 Å². The largest absolute Gasteiger partial charge is 0.462 e. The van der Waals surface area contributed by atoms with Gasteiger partial charge in [-0.3, -0.25) is 19.2 Å². The lowest BCUT2D eigenvalue weighted by Crippen LogP contribution is -2.31. The summed E-state index contributed by atoms with van der Waals surface area (Å²) in [6, 6.07) is 9.30. The summed E-state index contributed by atoms with van der Waals surface area (Å²) in [7, 11) is 0. The highest BCUT2D eigenvalue weighted by molar-refractivity contribution is 6.35. The molecule has 0 atom stereocenters. The molecule has 2 rings (SSSR count). The molecule has 2 aromatic rings. The van der Waals surface area contributed by atoms with Crippen LogP contribution in [0.25, 0.3) is 0 Å². The van der Waals surface area contributed by atoms with Gasteiger partial charge in [-0.05, 0) is 49.6 Å². The maximum Gasteiger partial charge on any atom is 0.311 e. The van der Waals surface area contributed by atoms with Gasteiger partial charge in [-0.2, -0.15) is 0 Å². The second-order valence-corrected chi connectivity index (χ2v) is 18.3. The standard InChI is InChI=1S/C52H79Cl3O9/c1-3-5-7-9-11-13-15-17-19-21-23-25-27-30-49(56)60-40-44(41-61-50(57)31-28-26-24-22-20-18-16-14-12-10-8-6-4-2)62-51(58)32-29-33-52(59)64-48-39-43(54)35-37-47(48)63-46-36-34-42(53)38-45(46)55/h34-39,44H,3-33,40-41H2,1-2H3. The van der Waals surface area contributed by atoms with Gasteiger partial charge in [0, 0.05) is 41.8 Å². The van der Waals surface area contributed by atoms with Gasteiger partial charge in [-0.1, -0.05) is 203 Å². The second kappa shape index (κ2) is 38.1. The summed E-state index contributed by atoms with van der Waals surface area (Å²) in [5, 5.41) is 1.03. The number of carbonyl (C=O) groups is 4. The number of halogens is 3. The minimum Gasteiger partial charge on any atom is -0.462 e. The van der Waals surface area contributed by atoms with Gasteiger partial charge in [0.2, 0.25) is 0 Å². The number of ether oxygens (including phenoxy) is 5. The molecule has 0 fully saturated rings. The van der Waals surface area contributed by atoms with Gasteiger partial charge in [0.25, 0.3) is 0 Å². The molecule has 2 aromatic carbocycles. The van der Waals surface area contributed by atoms with Gasteiger partial charge < -0.3 is 23.7 Å². The molecule has 0 spiro atoms. The molecular formula is C52H79Cl3O9. The Hall–Kier alpha value is -3.01. The zero-order valence-corrected chi connectivity index (χ0v) is 41.5. The highest BCUT2D eigenvalue weighted by atomic mass is 35.5. The molecule has 0 bridgehead atoms. The van der Waals surface area contributed by atoms with Crippen molar-refractivity contribution in [3.8, 4) is 17.2 Å². The van der Waals surface area contributed by atoms with Crippen LogP contribution in [0.15, 0.2) is 36.4 Å². The number of carbonyl (C=O) groups excluding carboxylic acids is 4. The van der Waals surface area contributed by atoms with Gasteiger partial charge in [-0.15, -0.1) is 0 Å². The Morgan fingerprint density at radius 1 is 0.422 bits per heavy atom. The maximum absolute atomic E-state index is 12.9. The average molecular weight is 955 g/mol. The SMILES string of the molecule is CCCCCCCCCCCCCCCC(=O)OCC(COC(=O)CCCCCCCCCCCCCCC)OC(=O)CCCC(=O)Oc1cc(Cl)ccc1Oc1ccc(Cl)cc1Cl. The van der Waals surface area contributed by atoms with Crippen LogP contribution in [0.1, 0.15) is 213 Å². The van der Waals surface area contributed by atoms with E-state index in [4.69, 9.17) is 58.5 Å². The summed E-state index contributed by atoms with van der Waals surface area (Å²) in [6.07, 6.45) is 30.9. The fraction of sp³-hybridized carbons (Fsp3) is 0.692. The number of hydrogen-bond donors (Lipinski definition) is 0. The van der Waals surface area contributed by atoms with Crippen molar-refractivity contribution >= 4 is 58.7 Å². The van der Waals surface area contributed by atoms with Crippen molar-refractivity contribution in [2.45, 2.75) is 219 Å². The summed E-state index contributed by atoms with van der Waals surface area (Å²) < 4.78 is 28.0. The molecule has 64 heavy (non-hydrogen) atoms. The quantitative estimate of drug-likeness (QED) is 0.0279. The Morgan fingerprint density at radius 3 is 1.23 bits per heavy atom. The molecule has 9 nitrogen and oxygen atoms in total. The molecule has 0 radical (unpaired) electrons. The van der Waals surface area contributed by atoms with E-state index in [1.54, 1.807) is 24.3 Å².